The molecule has 2 rings (SSSR count). The molecule has 1 aliphatic carbocycles. The van der Waals surface area contributed by atoms with E-state index in [4.69, 9.17) is 0 Å². The first-order valence-corrected chi connectivity index (χ1v) is 9.92. The van der Waals surface area contributed by atoms with Crippen molar-refractivity contribution in [2.75, 3.05) is 0 Å². The number of rotatable bonds is 7. The maximum absolute atomic E-state index is 3.49. The van der Waals surface area contributed by atoms with E-state index in [0.29, 0.717) is 5.92 Å². The van der Waals surface area contributed by atoms with Crippen molar-refractivity contribution in [2.24, 2.45) is 11.8 Å². The monoisotopic (exact) mass is 314 g/mol. The van der Waals surface area contributed by atoms with Gasteiger partial charge in [0.2, 0.25) is 0 Å². The number of benzene rings is 1. The molecule has 0 atom stereocenters. The lowest BCUT2D eigenvalue weighted by Gasteiger charge is -2.25. The third kappa shape index (κ3) is 6.93. The molecule has 0 N–H and O–H groups in total. The van der Waals surface area contributed by atoms with Gasteiger partial charge in [-0.15, -0.1) is 0 Å². The zero-order valence-electron chi connectivity index (χ0n) is 14.0. The molecule has 120 valence electrons. The summed E-state index contributed by atoms with van der Waals surface area (Å²) in [6.45, 7) is 2.29. The largest absolute Gasteiger partial charge is 0.0875 e. The van der Waals surface area contributed by atoms with Gasteiger partial charge in [0.15, 0.2) is 0 Å². The Morgan fingerprint density at radius 1 is 0.955 bits per heavy atom. The third-order valence-electron chi connectivity index (χ3n) is 4.74. The first-order chi connectivity index (χ1) is 10.9. The van der Waals surface area contributed by atoms with Gasteiger partial charge in [0.1, 0.15) is 0 Å². The Morgan fingerprint density at radius 3 is 2.41 bits per heavy atom. The average molecular weight is 315 g/mol. The van der Waals surface area contributed by atoms with Crippen molar-refractivity contribution in [1.82, 2.24) is 0 Å². The highest BCUT2D eigenvalue weighted by atomic mass is 32.2. The molecule has 0 aromatic heterocycles. The second-order valence-electron chi connectivity index (χ2n) is 6.58. The fourth-order valence-corrected chi connectivity index (χ4v) is 3.93. The minimum atomic E-state index is 0.646. The van der Waals surface area contributed by atoms with Gasteiger partial charge >= 0.3 is 0 Å². The van der Waals surface area contributed by atoms with Crippen LogP contribution in [0.3, 0.4) is 0 Å². The van der Waals surface area contributed by atoms with Gasteiger partial charge in [-0.05, 0) is 60.7 Å². The van der Waals surface area contributed by atoms with Crippen LogP contribution >= 0.6 is 11.8 Å². The molecule has 0 saturated heterocycles. The summed E-state index contributed by atoms with van der Waals surface area (Å²) in [5.74, 6) is 5.12. The van der Waals surface area contributed by atoms with E-state index in [0.717, 1.165) is 5.92 Å². The minimum absolute atomic E-state index is 0.646. The second kappa shape index (κ2) is 10.8. The molecule has 0 radical (unpaired) electrons. The van der Waals surface area contributed by atoms with E-state index < -0.39 is 0 Å². The van der Waals surface area contributed by atoms with Crippen LogP contribution in [0, 0.1) is 23.0 Å². The summed E-state index contributed by atoms with van der Waals surface area (Å²) >= 11 is 1.68. The molecule has 22 heavy (non-hydrogen) atoms. The van der Waals surface area contributed by atoms with Crippen molar-refractivity contribution in [1.29, 1.82) is 0 Å². The van der Waals surface area contributed by atoms with Gasteiger partial charge in [0.25, 0.3) is 0 Å². The van der Waals surface area contributed by atoms with Crippen molar-refractivity contribution < 1.29 is 0 Å². The quantitative estimate of drug-likeness (QED) is 0.299. The summed E-state index contributed by atoms with van der Waals surface area (Å²) in [5, 5.41) is 3.32. The van der Waals surface area contributed by atoms with E-state index in [1.807, 2.05) is 0 Å². The van der Waals surface area contributed by atoms with Crippen LogP contribution in [0.2, 0.25) is 0 Å². The van der Waals surface area contributed by atoms with Crippen LogP contribution in [0.25, 0.3) is 0 Å². The average Bonchev–Trinajstić information content (AvgIpc) is 2.57. The molecular weight excluding hydrogens is 284 g/mol. The van der Waals surface area contributed by atoms with E-state index in [9.17, 15) is 0 Å². The maximum Gasteiger partial charge on any atom is 0.0212 e. The predicted molar refractivity (Wildman–Crippen MR) is 98.9 cm³/mol. The summed E-state index contributed by atoms with van der Waals surface area (Å²) in [4.78, 5) is 1.26. The van der Waals surface area contributed by atoms with Gasteiger partial charge in [-0.2, -0.15) is 0 Å². The van der Waals surface area contributed by atoms with Gasteiger partial charge in [-0.25, -0.2) is 0 Å². The first-order valence-electron chi connectivity index (χ1n) is 9.11. The Balaban J connectivity index is 1.59. The van der Waals surface area contributed by atoms with Gasteiger partial charge in [0.05, 0.1) is 0 Å². The molecule has 1 aromatic carbocycles. The Morgan fingerprint density at radius 2 is 1.68 bits per heavy atom. The summed E-state index contributed by atoms with van der Waals surface area (Å²) < 4.78 is 0. The van der Waals surface area contributed by atoms with Gasteiger partial charge in [-0.3, -0.25) is 0 Å². The van der Waals surface area contributed by atoms with Crippen molar-refractivity contribution in [3.8, 4) is 11.2 Å². The normalized spacial score (nSPS) is 21.1. The Hall–Kier alpha value is -0.870. The van der Waals surface area contributed by atoms with Crippen molar-refractivity contribution in [3.63, 3.8) is 0 Å². The fourth-order valence-electron chi connectivity index (χ4n) is 3.29. The standard InChI is InChI=1S/C21H30S/c1-2-3-4-5-7-10-19-13-15-20(16-14-19)17-18-22-21-11-8-6-9-12-21/h6,8-9,11-12,19-20H,2-5,7,10,13-16H2,1H3. The van der Waals surface area contributed by atoms with E-state index in [1.54, 1.807) is 11.8 Å². The lowest BCUT2D eigenvalue weighted by atomic mass is 9.80. The summed E-state index contributed by atoms with van der Waals surface area (Å²) in [6, 6.07) is 10.5. The molecule has 1 aliphatic rings. The van der Waals surface area contributed by atoms with Gasteiger partial charge in [-0.1, -0.05) is 69.6 Å². The second-order valence-corrected chi connectivity index (χ2v) is 7.46. The van der Waals surface area contributed by atoms with E-state index >= 15 is 0 Å². The lowest BCUT2D eigenvalue weighted by Crippen LogP contribution is -2.13. The third-order valence-corrected chi connectivity index (χ3v) is 5.47. The molecule has 1 heteroatoms. The van der Waals surface area contributed by atoms with Crippen LogP contribution in [0.4, 0.5) is 0 Å². The lowest BCUT2D eigenvalue weighted by molar-refractivity contribution is 0.294. The number of hydrogen-bond donors (Lipinski definition) is 0. The predicted octanol–water partition coefficient (Wildman–Crippen LogP) is 6.91. The number of unbranched alkanes of at least 4 members (excludes halogenated alkanes) is 4. The highest BCUT2D eigenvalue weighted by molar-refractivity contribution is 8.03. The van der Waals surface area contributed by atoms with Crippen LogP contribution in [0.1, 0.15) is 71.1 Å². The zero-order chi connectivity index (χ0) is 15.5. The number of hydrogen-bond acceptors (Lipinski definition) is 1. The molecule has 1 aromatic rings. The van der Waals surface area contributed by atoms with E-state index in [-0.39, 0.29) is 0 Å². The molecule has 0 nitrogen and oxygen atoms in total. The van der Waals surface area contributed by atoms with Gasteiger partial charge in [0, 0.05) is 10.8 Å². The van der Waals surface area contributed by atoms with Crippen LogP contribution < -0.4 is 0 Å². The topological polar surface area (TPSA) is 0 Å². The first kappa shape index (κ1) is 17.5. The van der Waals surface area contributed by atoms with Crippen molar-refractivity contribution in [3.05, 3.63) is 30.3 Å². The molecule has 0 amide bonds. The minimum Gasteiger partial charge on any atom is -0.0875 e. The summed E-state index contributed by atoms with van der Waals surface area (Å²) in [6.07, 6.45) is 14.0. The Bertz CT molecular complexity index is 446. The number of thioether (sulfide) groups is 1. The Kier molecular flexibility index (Phi) is 8.57. The zero-order valence-corrected chi connectivity index (χ0v) is 14.8. The van der Waals surface area contributed by atoms with Crippen LogP contribution in [-0.4, -0.2) is 0 Å². The van der Waals surface area contributed by atoms with E-state index in [2.05, 4.69) is 48.4 Å². The molecule has 0 heterocycles. The fraction of sp³-hybridized carbons (Fsp3) is 0.619. The summed E-state index contributed by atoms with van der Waals surface area (Å²) in [7, 11) is 0. The molecular formula is C21H30S. The maximum atomic E-state index is 3.49. The smallest absolute Gasteiger partial charge is 0.0212 e. The summed E-state index contributed by atoms with van der Waals surface area (Å²) in [5.41, 5.74) is 0. The van der Waals surface area contributed by atoms with Crippen molar-refractivity contribution in [2.45, 2.75) is 76.0 Å². The molecule has 0 unspecified atom stereocenters. The molecule has 1 fully saturated rings. The SMILES string of the molecule is CCCCCCCC1CCC(C#CSc2ccccc2)CC1. The molecule has 0 aliphatic heterocycles. The molecule has 1 saturated carbocycles. The van der Waals surface area contributed by atoms with Gasteiger partial charge < -0.3 is 0 Å². The van der Waals surface area contributed by atoms with Crippen LogP contribution in [0.5, 0.6) is 0 Å². The molecule has 0 bridgehead atoms. The Labute approximate surface area is 141 Å². The van der Waals surface area contributed by atoms with Crippen molar-refractivity contribution >= 4 is 11.8 Å². The van der Waals surface area contributed by atoms with Crippen LogP contribution in [-0.2, 0) is 0 Å². The molecule has 0 spiro atoms. The highest BCUT2D eigenvalue weighted by Gasteiger charge is 2.19. The highest BCUT2D eigenvalue weighted by Crippen LogP contribution is 2.32. The van der Waals surface area contributed by atoms with Crippen LogP contribution in [0.15, 0.2) is 35.2 Å². The van der Waals surface area contributed by atoms with E-state index in [1.165, 1.54) is 69.1 Å².